The molecule has 0 aliphatic carbocycles. The van der Waals surface area contributed by atoms with Gasteiger partial charge < -0.3 is 4.90 Å². The molecule has 0 aromatic carbocycles. The van der Waals surface area contributed by atoms with E-state index >= 15 is 0 Å². The number of alkyl halides is 2. The second-order valence-electron chi connectivity index (χ2n) is 2.51. The van der Waals surface area contributed by atoms with Crippen LogP contribution in [0.4, 0.5) is 8.78 Å². The molecule has 0 atom stereocenters. The van der Waals surface area contributed by atoms with Crippen molar-refractivity contribution in [3.63, 3.8) is 0 Å². The highest BCUT2D eigenvalue weighted by atomic mass is 19.1. The van der Waals surface area contributed by atoms with Crippen LogP contribution in [-0.2, 0) is 0 Å². The van der Waals surface area contributed by atoms with Crippen molar-refractivity contribution >= 4 is 5.71 Å². The van der Waals surface area contributed by atoms with Crippen LogP contribution in [0.1, 0.15) is 0 Å². The first kappa shape index (κ1) is 11.1. The molecule has 0 radical (unpaired) electrons. The van der Waals surface area contributed by atoms with Crippen molar-refractivity contribution < 1.29 is 8.78 Å². The molecule has 0 bridgehead atoms. The Bertz CT molecular complexity index is 185. The summed E-state index contributed by atoms with van der Waals surface area (Å²) < 4.78 is 24.4. The van der Waals surface area contributed by atoms with Crippen molar-refractivity contribution in [2.45, 2.75) is 0 Å². The third kappa shape index (κ3) is 3.46. The molecule has 0 heterocycles. The number of halogens is 2. The average Bonchev–Trinajstić information content (AvgIpc) is 2.06. The lowest BCUT2D eigenvalue weighted by molar-refractivity contribution is 0.420. The van der Waals surface area contributed by atoms with E-state index < -0.39 is 13.3 Å². The molecule has 0 amide bonds. The van der Waals surface area contributed by atoms with Crippen LogP contribution in [-0.4, -0.2) is 45.1 Å². The highest BCUT2D eigenvalue weighted by Gasteiger charge is 2.01. The molecule has 0 aliphatic rings. The van der Waals surface area contributed by atoms with Crippen LogP contribution in [0.3, 0.4) is 0 Å². The second kappa shape index (κ2) is 5.69. The van der Waals surface area contributed by atoms with Crippen molar-refractivity contribution in [2.24, 2.45) is 4.99 Å². The molecule has 0 aromatic rings. The maximum atomic E-state index is 12.3. The van der Waals surface area contributed by atoms with E-state index in [-0.39, 0.29) is 5.71 Å². The lowest BCUT2D eigenvalue weighted by atomic mass is 10.3. The normalized spacial score (nSPS) is 13.4. The Morgan fingerprint density at radius 1 is 1.33 bits per heavy atom. The van der Waals surface area contributed by atoms with Crippen molar-refractivity contribution in [1.29, 1.82) is 0 Å². The van der Waals surface area contributed by atoms with Crippen LogP contribution in [0, 0.1) is 0 Å². The van der Waals surface area contributed by atoms with Gasteiger partial charge in [0.25, 0.3) is 0 Å². The van der Waals surface area contributed by atoms with E-state index in [1.165, 1.54) is 13.1 Å². The lowest BCUT2D eigenvalue weighted by Crippen LogP contribution is -2.14. The number of hydrogen-bond donors (Lipinski definition) is 0. The zero-order valence-corrected chi connectivity index (χ0v) is 7.64. The molecule has 0 fully saturated rings. The summed E-state index contributed by atoms with van der Waals surface area (Å²) in [5.41, 5.74) is 0.685. The molecule has 0 saturated carbocycles. The maximum absolute atomic E-state index is 12.3. The van der Waals surface area contributed by atoms with Gasteiger partial charge >= 0.3 is 0 Å². The van der Waals surface area contributed by atoms with Crippen molar-refractivity contribution in [3.05, 3.63) is 11.8 Å². The summed E-state index contributed by atoms with van der Waals surface area (Å²) in [4.78, 5) is 5.25. The molecule has 0 rings (SSSR count). The molecule has 0 N–H and O–H groups in total. The van der Waals surface area contributed by atoms with E-state index in [2.05, 4.69) is 4.99 Å². The zero-order valence-electron chi connectivity index (χ0n) is 7.64. The first-order chi connectivity index (χ1) is 5.65. The molecule has 0 spiro atoms. The average molecular weight is 176 g/mol. The topological polar surface area (TPSA) is 15.6 Å². The van der Waals surface area contributed by atoms with Crippen molar-refractivity contribution in [1.82, 2.24) is 4.90 Å². The quantitative estimate of drug-likeness (QED) is 0.592. The minimum absolute atomic E-state index is 0.261. The van der Waals surface area contributed by atoms with Gasteiger partial charge in [-0.1, -0.05) is 0 Å². The van der Waals surface area contributed by atoms with Gasteiger partial charge in [0.15, 0.2) is 0 Å². The van der Waals surface area contributed by atoms with Crippen LogP contribution in [0.5, 0.6) is 0 Å². The number of aliphatic imine (C=N–C) groups is 1. The van der Waals surface area contributed by atoms with Crippen LogP contribution >= 0.6 is 0 Å². The third-order valence-corrected chi connectivity index (χ3v) is 1.47. The summed E-state index contributed by atoms with van der Waals surface area (Å²) in [7, 11) is 4.89. The first-order valence-corrected chi connectivity index (χ1v) is 3.61. The number of rotatable bonds is 4. The fourth-order valence-corrected chi connectivity index (χ4v) is 0.642. The van der Waals surface area contributed by atoms with E-state index in [0.717, 1.165) is 0 Å². The van der Waals surface area contributed by atoms with Gasteiger partial charge in [-0.15, -0.1) is 0 Å². The van der Waals surface area contributed by atoms with Crippen LogP contribution in [0.2, 0.25) is 0 Å². The van der Waals surface area contributed by atoms with E-state index in [9.17, 15) is 8.78 Å². The zero-order chi connectivity index (χ0) is 9.56. The van der Waals surface area contributed by atoms with Gasteiger partial charge in [-0.2, -0.15) is 0 Å². The molecule has 2 nitrogen and oxygen atoms in total. The maximum Gasteiger partial charge on any atom is 0.131 e. The van der Waals surface area contributed by atoms with E-state index in [1.54, 1.807) is 19.0 Å². The van der Waals surface area contributed by atoms with Crippen LogP contribution < -0.4 is 0 Å². The van der Waals surface area contributed by atoms with Gasteiger partial charge in [-0.05, 0) is 6.08 Å². The van der Waals surface area contributed by atoms with Gasteiger partial charge in [0.2, 0.25) is 0 Å². The molecule has 0 aliphatic heterocycles. The number of hydrogen-bond acceptors (Lipinski definition) is 2. The first-order valence-electron chi connectivity index (χ1n) is 3.61. The summed E-state index contributed by atoms with van der Waals surface area (Å²) in [5.74, 6) is 0. The highest BCUT2D eigenvalue weighted by molar-refractivity contribution is 5.96. The van der Waals surface area contributed by atoms with Gasteiger partial charge in [0.1, 0.15) is 13.3 Å². The molecular formula is C8H14F2N2. The Balaban J connectivity index is 4.47. The fraction of sp³-hybridized carbons (Fsp3) is 0.625. The van der Waals surface area contributed by atoms with E-state index in [4.69, 9.17) is 0 Å². The summed E-state index contributed by atoms with van der Waals surface area (Å²) in [6, 6.07) is 0. The van der Waals surface area contributed by atoms with E-state index in [0.29, 0.717) is 5.70 Å². The predicted molar refractivity (Wildman–Crippen MR) is 47.1 cm³/mol. The van der Waals surface area contributed by atoms with Gasteiger partial charge in [-0.3, -0.25) is 4.99 Å². The Morgan fingerprint density at radius 3 is 2.17 bits per heavy atom. The standard InChI is InChI=1S/C8H14F2N2/c1-11-7(5-9)4-8(6-10)12(2)3/h4H,5-6H2,1-3H3/b8-4-,11-7-. The predicted octanol–water partition coefficient (Wildman–Crippen LogP) is 1.44. The molecule has 70 valence electrons. The fourth-order valence-electron chi connectivity index (χ4n) is 0.642. The molecule has 0 aromatic heterocycles. The largest absolute Gasteiger partial charge is 0.379 e. The Kier molecular flexibility index (Phi) is 5.25. The smallest absolute Gasteiger partial charge is 0.131 e. The minimum atomic E-state index is -0.659. The number of nitrogens with zero attached hydrogens (tertiary/aromatic N) is 2. The Hall–Kier alpha value is -0.930. The second-order valence-corrected chi connectivity index (χ2v) is 2.51. The van der Waals surface area contributed by atoms with Gasteiger partial charge in [0, 0.05) is 26.8 Å². The highest BCUT2D eigenvalue weighted by Crippen LogP contribution is 2.00. The van der Waals surface area contributed by atoms with E-state index in [1.807, 2.05) is 0 Å². The summed E-state index contributed by atoms with van der Waals surface area (Å²) in [6.07, 6.45) is 1.42. The summed E-state index contributed by atoms with van der Waals surface area (Å²) in [5, 5.41) is 0. The Labute approximate surface area is 71.6 Å². The van der Waals surface area contributed by atoms with Crippen molar-refractivity contribution in [2.75, 3.05) is 34.5 Å². The summed E-state index contributed by atoms with van der Waals surface area (Å²) >= 11 is 0. The van der Waals surface area contributed by atoms with Crippen molar-refractivity contribution in [3.8, 4) is 0 Å². The van der Waals surface area contributed by atoms with Crippen LogP contribution in [0.25, 0.3) is 0 Å². The monoisotopic (exact) mass is 176 g/mol. The molecule has 0 unspecified atom stereocenters. The molecule has 0 saturated heterocycles. The number of allylic oxidation sites excluding steroid dienone is 2. The molecule has 12 heavy (non-hydrogen) atoms. The van der Waals surface area contributed by atoms with Crippen LogP contribution in [0.15, 0.2) is 16.8 Å². The summed E-state index contributed by atoms with van der Waals surface area (Å²) in [6.45, 7) is -1.26. The molecule has 4 heteroatoms. The SMILES string of the molecule is C/N=C(/C=C(/CF)N(C)C)CF. The van der Waals surface area contributed by atoms with Gasteiger partial charge in [0.05, 0.1) is 5.71 Å². The molecular weight excluding hydrogens is 162 g/mol. The lowest BCUT2D eigenvalue weighted by Gasteiger charge is -2.13. The minimum Gasteiger partial charge on any atom is -0.379 e. The third-order valence-electron chi connectivity index (χ3n) is 1.47. The van der Waals surface area contributed by atoms with Gasteiger partial charge in [-0.25, -0.2) is 8.78 Å². The Morgan fingerprint density at radius 2 is 1.92 bits per heavy atom.